The van der Waals surface area contributed by atoms with E-state index >= 15 is 0 Å². The number of aliphatic hydroxyl groups excluding tert-OH is 2. The van der Waals surface area contributed by atoms with Gasteiger partial charge in [0.25, 0.3) is 0 Å². The van der Waals surface area contributed by atoms with Crippen molar-refractivity contribution in [1.29, 1.82) is 0 Å². The van der Waals surface area contributed by atoms with Gasteiger partial charge in [-0.15, -0.1) is 0 Å². The molecule has 0 saturated heterocycles. The number of hydrogen-bond donors (Lipinski definition) is 3. The molecular weight excluding hydrogens is 771 g/mol. The minimum absolute atomic E-state index is 0.0693. The van der Waals surface area contributed by atoms with E-state index in [2.05, 4.69) is 43.5 Å². The number of amides is 1. The molecule has 0 bridgehead atoms. The summed E-state index contributed by atoms with van der Waals surface area (Å²) in [5.41, 5.74) is 0. The second kappa shape index (κ2) is 54.9. The van der Waals surface area contributed by atoms with Gasteiger partial charge < -0.3 is 15.5 Å². The Hall–Kier alpha value is -1.39. The van der Waals surface area contributed by atoms with Gasteiger partial charge in [-0.25, -0.2) is 0 Å². The van der Waals surface area contributed by atoms with E-state index in [1.54, 1.807) is 6.08 Å². The van der Waals surface area contributed by atoms with Gasteiger partial charge in [-0.05, 0) is 57.8 Å². The topological polar surface area (TPSA) is 69.6 Å². The number of carbonyl (C=O) groups excluding carboxylic acids is 1. The molecule has 0 aromatic rings. The summed E-state index contributed by atoms with van der Waals surface area (Å²) >= 11 is 0. The molecule has 0 aliphatic heterocycles. The Labute approximate surface area is 395 Å². The third kappa shape index (κ3) is 51.5. The van der Waals surface area contributed by atoms with Crippen LogP contribution in [-0.4, -0.2) is 34.9 Å². The van der Waals surface area contributed by atoms with Crippen molar-refractivity contribution in [2.75, 3.05) is 6.61 Å². The van der Waals surface area contributed by atoms with Gasteiger partial charge in [-0.3, -0.25) is 4.79 Å². The van der Waals surface area contributed by atoms with Gasteiger partial charge in [-0.1, -0.05) is 288 Å². The fourth-order valence-corrected chi connectivity index (χ4v) is 8.96. The Morgan fingerprint density at radius 3 is 0.921 bits per heavy atom. The molecule has 3 N–H and O–H groups in total. The van der Waals surface area contributed by atoms with E-state index < -0.39 is 12.1 Å². The highest BCUT2D eigenvalue weighted by molar-refractivity contribution is 5.76. The van der Waals surface area contributed by atoms with Gasteiger partial charge >= 0.3 is 0 Å². The van der Waals surface area contributed by atoms with E-state index in [1.807, 2.05) is 6.08 Å². The minimum Gasteiger partial charge on any atom is -0.394 e. The van der Waals surface area contributed by atoms with E-state index in [9.17, 15) is 15.0 Å². The number of carbonyl (C=O) groups is 1. The second-order valence-electron chi connectivity index (χ2n) is 19.7. The zero-order chi connectivity index (χ0) is 45.6. The van der Waals surface area contributed by atoms with Crippen molar-refractivity contribution in [3.05, 3.63) is 36.5 Å². The maximum Gasteiger partial charge on any atom is 0.220 e. The highest BCUT2D eigenvalue weighted by Gasteiger charge is 2.18. The van der Waals surface area contributed by atoms with Crippen LogP contribution in [0.4, 0.5) is 0 Å². The van der Waals surface area contributed by atoms with Gasteiger partial charge in [0.2, 0.25) is 5.91 Å². The van der Waals surface area contributed by atoms with Crippen molar-refractivity contribution in [1.82, 2.24) is 5.32 Å². The lowest BCUT2D eigenvalue weighted by atomic mass is 10.0. The van der Waals surface area contributed by atoms with Crippen LogP contribution in [0.3, 0.4) is 0 Å². The van der Waals surface area contributed by atoms with Crippen LogP contribution in [0.5, 0.6) is 0 Å². The zero-order valence-corrected chi connectivity index (χ0v) is 42.9. The van der Waals surface area contributed by atoms with E-state index in [0.29, 0.717) is 6.42 Å². The van der Waals surface area contributed by atoms with Crippen LogP contribution >= 0.6 is 0 Å². The second-order valence-corrected chi connectivity index (χ2v) is 19.7. The maximum atomic E-state index is 12.4. The van der Waals surface area contributed by atoms with Gasteiger partial charge in [0, 0.05) is 6.42 Å². The van der Waals surface area contributed by atoms with Crippen LogP contribution in [0.25, 0.3) is 0 Å². The normalized spacial score (nSPS) is 13.0. The third-order valence-corrected chi connectivity index (χ3v) is 13.3. The van der Waals surface area contributed by atoms with Crippen LogP contribution in [0, 0.1) is 0 Å². The summed E-state index contributed by atoms with van der Waals surface area (Å²) in [4.78, 5) is 12.4. The number of allylic oxidation sites excluding steroid dienone is 5. The zero-order valence-electron chi connectivity index (χ0n) is 42.9. The Morgan fingerprint density at radius 1 is 0.365 bits per heavy atom. The molecule has 0 saturated carbocycles. The first-order chi connectivity index (χ1) is 31.2. The van der Waals surface area contributed by atoms with Gasteiger partial charge in [0.15, 0.2) is 0 Å². The molecule has 63 heavy (non-hydrogen) atoms. The highest BCUT2D eigenvalue weighted by atomic mass is 16.3. The number of rotatable bonds is 53. The van der Waals surface area contributed by atoms with Crippen molar-refractivity contribution in [3.8, 4) is 0 Å². The lowest BCUT2D eigenvalue weighted by Gasteiger charge is -2.19. The van der Waals surface area contributed by atoms with Gasteiger partial charge in [0.05, 0.1) is 18.8 Å². The molecule has 0 aromatic carbocycles. The average Bonchev–Trinajstić information content (AvgIpc) is 3.29. The molecule has 4 heteroatoms. The van der Waals surface area contributed by atoms with Gasteiger partial charge in [0.1, 0.15) is 0 Å². The number of hydrogen-bond acceptors (Lipinski definition) is 3. The highest BCUT2D eigenvalue weighted by Crippen LogP contribution is 2.17. The first kappa shape index (κ1) is 61.6. The van der Waals surface area contributed by atoms with E-state index in [-0.39, 0.29) is 12.5 Å². The van der Waals surface area contributed by atoms with E-state index in [1.165, 1.54) is 263 Å². The Bertz CT molecular complexity index is 958. The molecule has 0 rings (SSSR count). The van der Waals surface area contributed by atoms with Crippen molar-refractivity contribution >= 4 is 5.91 Å². The lowest BCUT2D eigenvalue weighted by Crippen LogP contribution is -2.45. The van der Waals surface area contributed by atoms with Crippen molar-refractivity contribution in [3.63, 3.8) is 0 Å². The molecule has 0 radical (unpaired) electrons. The first-order valence-electron chi connectivity index (χ1n) is 28.7. The largest absolute Gasteiger partial charge is 0.394 e. The summed E-state index contributed by atoms with van der Waals surface area (Å²) in [6, 6.07) is -0.637. The molecule has 0 aliphatic rings. The summed E-state index contributed by atoms with van der Waals surface area (Å²) in [7, 11) is 0. The van der Waals surface area contributed by atoms with Crippen LogP contribution in [0.15, 0.2) is 36.5 Å². The molecule has 0 aromatic heterocycles. The number of unbranched alkanes of at least 4 members (excludes halogenated alkanes) is 42. The molecule has 0 heterocycles. The molecule has 0 aliphatic carbocycles. The Kier molecular flexibility index (Phi) is 53.7. The summed E-state index contributed by atoms with van der Waals surface area (Å²) in [6.07, 6.45) is 74.7. The molecule has 2 unspecified atom stereocenters. The molecule has 372 valence electrons. The van der Waals surface area contributed by atoms with Crippen LogP contribution in [0.2, 0.25) is 0 Å². The molecule has 2 atom stereocenters. The van der Waals surface area contributed by atoms with Crippen LogP contribution < -0.4 is 5.32 Å². The smallest absolute Gasteiger partial charge is 0.220 e. The lowest BCUT2D eigenvalue weighted by molar-refractivity contribution is -0.123. The summed E-state index contributed by atoms with van der Waals surface area (Å²) in [6.45, 7) is 4.32. The van der Waals surface area contributed by atoms with Crippen LogP contribution in [-0.2, 0) is 4.79 Å². The van der Waals surface area contributed by atoms with Gasteiger partial charge in [-0.2, -0.15) is 0 Å². The van der Waals surface area contributed by atoms with Crippen molar-refractivity contribution in [2.45, 2.75) is 328 Å². The monoisotopic (exact) mass is 884 g/mol. The minimum atomic E-state index is -0.860. The predicted molar refractivity (Wildman–Crippen MR) is 281 cm³/mol. The van der Waals surface area contributed by atoms with E-state index in [4.69, 9.17) is 0 Å². The summed E-state index contributed by atoms with van der Waals surface area (Å²) in [5.74, 6) is -0.0693. The average molecular weight is 885 g/mol. The number of aliphatic hydroxyl groups is 2. The molecular formula is C59H113NO3. The Morgan fingerprint density at radius 2 is 0.619 bits per heavy atom. The summed E-state index contributed by atoms with van der Waals surface area (Å²) < 4.78 is 0. The fourth-order valence-electron chi connectivity index (χ4n) is 8.96. The third-order valence-electron chi connectivity index (χ3n) is 13.3. The van der Waals surface area contributed by atoms with Crippen molar-refractivity contribution < 1.29 is 15.0 Å². The fraction of sp³-hybridized carbons (Fsp3) is 0.881. The first-order valence-corrected chi connectivity index (χ1v) is 28.7. The number of nitrogens with one attached hydrogen (secondary N) is 1. The maximum absolute atomic E-state index is 12.4. The standard InChI is InChI=1S/C59H113NO3/c1-3-5-7-9-11-13-15-17-19-21-22-23-24-25-26-27-28-29-30-31-32-33-34-35-36-37-38-39-41-43-45-47-49-51-53-55-59(63)60-57(56-61)58(62)54-52-50-48-46-44-42-40-20-18-16-14-12-10-8-6-4-2/h27-28,44,46,52,54,57-58,61-62H,3-26,29-43,45,47-51,53,55-56H2,1-2H3,(H,60,63)/b28-27-,46-44+,54-52+. The van der Waals surface area contributed by atoms with Crippen LogP contribution in [0.1, 0.15) is 316 Å². The molecule has 1 amide bonds. The van der Waals surface area contributed by atoms with E-state index in [0.717, 1.165) is 32.1 Å². The molecule has 0 spiro atoms. The quantitative estimate of drug-likeness (QED) is 0.0421. The Balaban J connectivity index is 3.44. The van der Waals surface area contributed by atoms with Crippen molar-refractivity contribution in [2.24, 2.45) is 0 Å². The predicted octanol–water partition coefficient (Wildman–Crippen LogP) is 18.9. The summed E-state index contributed by atoms with van der Waals surface area (Å²) in [5, 5.41) is 23.1. The molecule has 4 nitrogen and oxygen atoms in total. The SMILES string of the molecule is CCCCCCCCCCCC/C=C/CC/C=C/C(O)C(CO)NC(=O)CCCCCCCCCCCCCCCCCCC/C=C\CCCCCCCCCCCCCCCC. The molecule has 0 fully saturated rings.